The number of aromatic amines is 2. The Morgan fingerprint density at radius 1 is 1.21 bits per heavy atom. The number of rotatable bonds is 3. The van der Waals surface area contributed by atoms with E-state index in [2.05, 4.69) is 31.9 Å². The van der Waals surface area contributed by atoms with Crippen LogP contribution in [0.5, 0.6) is 5.88 Å². The summed E-state index contributed by atoms with van der Waals surface area (Å²) >= 11 is 0. The Hall–Kier alpha value is -3.21. The Morgan fingerprint density at radius 2 is 2.07 bits per heavy atom. The van der Waals surface area contributed by atoms with Crippen LogP contribution in [0.1, 0.15) is 25.0 Å². The monoisotopic (exact) mass is 397 g/mol. The lowest BCUT2D eigenvalue weighted by Gasteiger charge is -2.20. The Kier molecular flexibility index (Phi) is 4.31. The van der Waals surface area contributed by atoms with Crippen molar-refractivity contribution in [3.8, 4) is 5.88 Å². The number of imidazole rings is 1. The van der Waals surface area contributed by atoms with E-state index in [0.717, 1.165) is 45.4 Å². The first-order chi connectivity index (χ1) is 14.1. The Morgan fingerprint density at radius 3 is 2.83 bits per heavy atom. The molecule has 2 fully saturated rings. The number of H-pyrrole nitrogens is 2. The van der Waals surface area contributed by atoms with Gasteiger partial charge in [0.1, 0.15) is 5.69 Å². The maximum Gasteiger partial charge on any atom is 0.326 e. The van der Waals surface area contributed by atoms with Crippen molar-refractivity contribution in [2.75, 3.05) is 38.1 Å². The van der Waals surface area contributed by atoms with Gasteiger partial charge in [-0.1, -0.05) is 0 Å². The molecule has 0 aromatic carbocycles. The third-order valence-corrected chi connectivity index (χ3v) is 5.25. The van der Waals surface area contributed by atoms with Crippen LogP contribution >= 0.6 is 0 Å². The third kappa shape index (κ3) is 3.60. The summed E-state index contributed by atoms with van der Waals surface area (Å²) in [4.78, 5) is 35.0. The van der Waals surface area contributed by atoms with Crippen LogP contribution in [0.2, 0.25) is 0 Å². The van der Waals surface area contributed by atoms with Gasteiger partial charge in [0.2, 0.25) is 11.8 Å². The second kappa shape index (κ2) is 6.99. The van der Waals surface area contributed by atoms with E-state index in [4.69, 9.17) is 15.0 Å². The highest BCUT2D eigenvalue weighted by Gasteiger charge is 2.22. The average Bonchev–Trinajstić information content (AvgIpc) is 3.38. The van der Waals surface area contributed by atoms with Gasteiger partial charge in [0.05, 0.1) is 12.2 Å². The van der Waals surface area contributed by atoms with Crippen LogP contribution in [0.25, 0.3) is 11.7 Å². The third-order valence-electron chi connectivity index (χ3n) is 5.25. The van der Waals surface area contributed by atoms with Crippen LogP contribution in [0, 0.1) is 0 Å². The summed E-state index contributed by atoms with van der Waals surface area (Å²) in [6.45, 7) is 3.71. The fourth-order valence-corrected chi connectivity index (χ4v) is 3.46. The summed E-state index contributed by atoms with van der Waals surface area (Å²) in [6, 6.07) is 0.290. The highest BCUT2D eigenvalue weighted by molar-refractivity contribution is 5.57. The molecule has 0 amide bonds. The fraction of sp³-hybridized carbons (Fsp3) is 0.500. The summed E-state index contributed by atoms with van der Waals surface area (Å²) in [5.74, 6) is 0.413. The van der Waals surface area contributed by atoms with E-state index in [1.807, 2.05) is 0 Å². The molecule has 5 rings (SSSR count). The van der Waals surface area contributed by atoms with Crippen molar-refractivity contribution in [3.05, 3.63) is 33.2 Å². The first-order valence-electron chi connectivity index (χ1n) is 9.83. The molecule has 0 radical (unpaired) electrons. The van der Waals surface area contributed by atoms with Gasteiger partial charge in [0.25, 0.3) is 5.62 Å². The molecule has 3 aromatic rings. The lowest BCUT2D eigenvalue weighted by molar-refractivity contribution is 0.360. The van der Waals surface area contributed by atoms with Crippen molar-refractivity contribution in [3.63, 3.8) is 0 Å². The van der Waals surface area contributed by atoms with E-state index >= 15 is 0 Å². The van der Waals surface area contributed by atoms with Crippen LogP contribution < -0.4 is 21.4 Å². The normalized spacial score (nSPS) is 20.0. The molecule has 0 bridgehead atoms. The summed E-state index contributed by atoms with van der Waals surface area (Å²) in [7, 11) is 2.12. The van der Waals surface area contributed by atoms with Crippen molar-refractivity contribution in [2.24, 2.45) is 4.99 Å². The predicted octanol–water partition coefficient (Wildman–Crippen LogP) is -1.40. The molecular weight excluding hydrogens is 374 g/mol. The van der Waals surface area contributed by atoms with Crippen LogP contribution in [0.3, 0.4) is 0 Å². The minimum atomic E-state index is -0.473. The largest absolute Gasteiger partial charge is 0.493 e. The molecule has 0 spiro atoms. The quantitative estimate of drug-likeness (QED) is 0.495. The van der Waals surface area contributed by atoms with E-state index < -0.39 is 5.69 Å². The van der Waals surface area contributed by atoms with Gasteiger partial charge in [-0.3, -0.25) is 4.98 Å². The Bertz CT molecular complexity index is 1220. The average molecular weight is 397 g/mol. The molecule has 4 heterocycles. The molecule has 152 valence electrons. The van der Waals surface area contributed by atoms with E-state index in [1.165, 1.54) is 0 Å². The Labute approximate surface area is 165 Å². The molecule has 0 unspecified atom stereocenters. The van der Waals surface area contributed by atoms with Gasteiger partial charge in [0, 0.05) is 24.9 Å². The number of hydrogen-bond donors (Lipinski definition) is 3. The fourth-order valence-electron chi connectivity index (χ4n) is 3.46. The van der Waals surface area contributed by atoms with Gasteiger partial charge in [0.15, 0.2) is 5.65 Å². The SMILES string of the molecule is CN1CCCN(c2nc(=NC3CC3)n3ncc(=Cc4[nH]c(=O)[nH]c4O)c3n2)CC1. The molecule has 3 aromatic heterocycles. The number of nitrogens with zero attached hydrogens (tertiary/aromatic N) is 7. The standard InChI is InChI=1S/C18H23N9O2/c1-25-5-2-6-26(8-7-25)16-22-14-11(9-13-15(28)23-18(29)21-13)10-19-27(14)17(24-16)20-12-3-4-12/h9-10,12,28H,2-8H2,1H3,(H2,21,23,29). The van der Waals surface area contributed by atoms with Gasteiger partial charge in [-0.2, -0.15) is 19.6 Å². The minimum absolute atomic E-state index is 0.220. The second-order valence-corrected chi connectivity index (χ2v) is 7.65. The number of likely N-dealkylation sites (N-methyl/N-ethyl adjacent to an activating group) is 1. The molecule has 29 heavy (non-hydrogen) atoms. The number of aromatic nitrogens is 6. The van der Waals surface area contributed by atoms with Crippen molar-refractivity contribution < 1.29 is 5.11 Å². The van der Waals surface area contributed by atoms with Crippen molar-refractivity contribution in [2.45, 2.75) is 25.3 Å². The number of nitrogens with one attached hydrogen (secondary N) is 2. The number of hydrogen-bond acceptors (Lipinski definition) is 8. The number of aromatic hydroxyl groups is 1. The van der Waals surface area contributed by atoms with Crippen LogP contribution in [-0.2, 0) is 0 Å². The van der Waals surface area contributed by atoms with Gasteiger partial charge in [-0.25, -0.2) is 9.79 Å². The summed E-state index contributed by atoms with van der Waals surface area (Å²) < 4.78 is 1.62. The first-order valence-corrected chi connectivity index (χ1v) is 9.83. The summed E-state index contributed by atoms with van der Waals surface area (Å²) in [5, 5.41) is 15.0. The van der Waals surface area contributed by atoms with E-state index in [9.17, 15) is 9.90 Å². The van der Waals surface area contributed by atoms with Crippen LogP contribution in [-0.4, -0.2) is 78.8 Å². The van der Waals surface area contributed by atoms with Crippen molar-refractivity contribution in [1.82, 2.24) is 34.4 Å². The molecule has 3 N–H and O–H groups in total. The smallest absolute Gasteiger partial charge is 0.326 e. The van der Waals surface area contributed by atoms with E-state index in [1.54, 1.807) is 16.8 Å². The molecule has 1 saturated heterocycles. The summed E-state index contributed by atoms with van der Waals surface area (Å²) in [5.41, 5.74) is 0.936. The zero-order valence-electron chi connectivity index (χ0n) is 16.2. The molecule has 1 aliphatic carbocycles. The lowest BCUT2D eigenvalue weighted by atomic mass is 10.3. The second-order valence-electron chi connectivity index (χ2n) is 7.65. The maximum atomic E-state index is 11.4. The van der Waals surface area contributed by atoms with Gasteiger partial charge in [-0.05, 0) is 38.9 Å². The predicted molar refractivity (Wildman–Crippen MR) is 106 cm³/mol. The van der Waals surface area contributed by atoms with Crippen molar-refractivity contribution in [1.29, 1.82) is 0 Å². The first kappa shape index (κ1) is 17.9. The zero-order valence-corrected chi connectivity index (χ0v) is 16.2. The topological polar surface area (TPSA) is 131 Å². The molecule has 0 atom stereocenters. The Balaban J connectivity index is 1.67. The van der Waals surface area contributed by atoms with Gasteiger partial charge in [-0.15, -0.1) is 0 Å². The highest BCUT2D eigenvalue weighted by Crippen LogP contribution is 2.22. The molecular formula is C18H23N9O2. The zero-order chi connectivity index (χ0) is 20.0. The van der Waals surface area contributed by atoms with E-state index in [0.29, 0.717) is 22.4 Å². The lowest BCUT2D eigenvalue weighted by Crippen LogP contribution is -2.34. The minimum Gasteiger partial charge on any atom is -0.493 e. The van der Waals surface area contributed by atoms with Gasteiger partial charge >= 0.3 is 5.69 Å². The van der Waals surface area contributed by atoms with Gasteiger partial charge < -0.3 is 19.9 Å². The van der Waals surface area contributed by atoms with E-state index in [-0.39, 0.29) is 17.6 Å². The molecule has 2 aliphatic rings. The molecule has 11 heteroatoms. The van der Waals surface area contributed by atoms with Crippen molar-refractivity contribution >= 4 is 17.7 Å². The maximum absolute atomic E-state index is 11.4. The molecule has 1 saturated carbocycles. The number of fused-ring (bicyclic) bond motifs is 1. The molecule has 11 nitrogen and oxygen atoms in total. The summed E-state index contributed by atoms with van der Waals surface area (Å²) in [6.07, 6.45) is 6.45. The molecule has 1 aliphatic heterocycles. The number of anilines is 1. The van der Waals surface area contributed by atoms with Crippen LogP contribution in [0.15, 0.2) is 16.0 Å². The van der Waals surface area contributed by atoms with Crippen LogP contribution in [0.4, 0.5) is 5.95 Å². The highest BCUT2D eigenvalue weighted by atomic mass is 16.3.